The second-order valence-corrected chi connectivity index (χ2v) is 10.2. The van der Waals surface area contributed by atoms with Crippen LogP contribution in [0.2, 0.25) is 0 Å². The molecule has 0 spiro atoms. The normalized spacial score (nSPS) is 11.8. The summed E-state index contributed by atoms with van der Waals surface area (Å²) in [5, 5.41) is 13.4. The lowest BCUT2D eigenvalue weighted by molar-refractivity contribution is -0.141. The summed E-state index contributed by atoms with van der Waals surface area (Å²) in [6.07, 6.45) is -3.87. The molecule has 0 saturated heterocycles. The first-order chi connectivity index (χ1) is 17.8. The molecule has 13 heteroatoms. The Bertz CT molecular complexity index is 1680. The van der Waals surface area contributed by atoms with E-state index < -0.39 is 39.1 Å². The predicted octanol–water partition coefficient (Wildman–Crippen LogP) is 4.64. The molecular formula is C25H19F4N5O3S. The van der Waals surface area contributed by atoms with Crippen molar-refractivity contribution in [2.24, 2.45) is 5.73 Å². The Morgan fingerprint density at radius 2 is 1.71 bits per heavy atom. The van der Waals surface area contributed by atoms with Gasteiger partial charge in [0.05, 0.1) is 10.6 Å². The minimum absolute atomic E-state index is 0.0391. The van der Waals surface area contributed by atoms with E-state index in [0.717, 1.165) is 17.0 Å². The second-order valence-electron chi connectivity index (χ2n) is 8.21. The highest BCUT2D eigenvalue weighted by Gasteiger charge is 2.36. The van der Waals surface area contributed by atoms with Gasteiger partial charge < -0.3 is 11.1 Å². The molecular weight excluding hydrogens is 526 g/mol. The standard InChI is InChI=1S/C25H19F4N5O3S/c1-38(36,37)21-8-3-2-7-18(21)17-10-9-15(12-19(17)26)32-24(35)20-13-22(25(27,28)29)33-34(20)16-6-4-5-14(11-16)23(30)31/h2-13H,1H3,(H3,30,31)(H,32,35). The molecule has 0 radical (unpaired) electrons. The Morgan fingerprint density at radius 3 is 2.34 bits per heavy atom. The molecule has 4 N–H and O–H groups in total. The zero-order valence-corrected chi connectivity index (χ0v) is 20.4. The summed E-state index contributed by atoms with van der Waals surface area (Å²) in [6.45, 7) is 0. The fraction of sp³-hybridized carbons (Fsp3) is 0.0800. The van der Waals surface area contributed by atoms with Crippen molar-refractivity contribution in [2.45, 2.75) is 11.1 Å². The molecule has 0 aliphatic heterocycles. The van der Waals surface area contributed by atoms with Gasteiger partial charge in [-0.1, -0.05) is 30.3 Å². The first-order valence-corrected chi connectivity index (χ1v) is 12.7. The van der Waals surface area contributed by atoms with Crippen LogP contribution in [0.1, 0.15) is 21.7 Å². The number of nitrogen functional groups attached to an aromatic ring is 1. The van der Waals surface area contributed by atoms with E-state index in [9.17, 15) is 26.4 Å². The molecule has 0 fully saturated rings. The zero-order valence-electron chi connectivity index (χ0n) is 19.5. The minimum atomic E-state index is -4.86. The number of amidine groups is 1. The molecule has 196 valence electrons. The maximum absolute atomic E-state index is 15.0. The van der Waals surface area contributed by atoms with Gasteiger partial charge in [0, 0.05) is 34.7 Å². The Hall–Kier alpha value is -4.52. The van der Waals surface area contributed by atoms with E-state index in [2.05, 4.69) is 10.4 Å². The molecule has 3 aromatic carbocycles. The van der Waals surface area contributed by atoms with E-state index >= 15 is 4.39 Å². The maximum atomic E-state index is 15.0. The van der Waals surface area contributed by atoms with E-state index in [1.807, 2.05) is 0 Å². The molecule has 4 rings (SSSR count). The number of carbonyl (C=O) groups excluding carboxylic acids is 1. The number of alkyl halides is 3. The van der Waals surface area contributed by atoms with Crippen molar-refractivity contribution < 1.29 is 30.8 Å². The number of benzene rings is 3. The number of amides is 1. The first-order valence-electron chi connectivity index (χ1n) is 10.8. The Morgan fingerprint density at radius 1 is 1.00 bits per heavy atom. The van der Waals surface area contributed by atoms with Crippen molar-refractivity contribution in [3.63, 3.8) is 0 Å². The maximum Gasteiger partial charge on any atom is 0.435 e. The highest BCUT2D eigenvalue weighted by Crippen LogP contribution is 2.32. The number of nitrogens with two attached hydrogens (primary N) is 1. The predicted molar refractivity (Wildman–Crippen MR) is 132 cm³/mol. The molecule has 1 aromatic heterocycles. The number of anilines is 1. The van der Waals surface area contributed by atoms with Crippen LogP contribution >= 0.6 is 0 Å². The smallest absolute Gasteiger partial charge is 0.384 e. The zero-order chi connectivity index (χ0) is 27.8. The van der Waals surface area contributed by atoms with Crippen LogP contribution in [-0.2, 0) is 16.0 Å². The molecule has 0 bridgehead atoms. The van der Waals surface area contributed by atoms with Gasteiger partial charge in [0.25, 0.3) is 5.91 Å². The Labute approximate surface area is 214 Å². The Balaban J connectivity index is 1.71. The molecule has 0 saturated carbocycles. The van der Waals surface area contributed by atoms with E-state index in [1.54, 1.807) is 6.07 Å². The van der Waals surface area contributed by atoms with Crippen LogP contribution in [0, 0.1) is 11.2 Å². The molecule has 0 aliphatic carbocycles. The number of halogens is 4. The number of aromatic nitrogens is 2. The molecule has 0 unspecified atom stereocenters. The summed E-state index contributed by atoms with van der Waals surface area (Å²) in [4.78, 5) is 12.9. The lowest BCUT2D eigenvalue weighted by atomic mass is 10.0. The fourth-order valence-electron chi connectivity index (χ4n) is 3.70. The Kier molecular flexibility index (Phi) is 6.80. The number of nitrogens with one attached hydrogen (secondary N) is 2. The number of carbonyl (C=O) groups is 1. The minimum Gasteiger partial charge on any atom is -0.384 e. The van der Waals surface area contributed by atoms with E-state index in [0.29, 0.717) is 6.07 Å². The number of nitrogens with zero attached hydrogens (tertiary/aromatic N) is 2. The quantitative estimate of drug-likeness (QED) is 0.185. The molecule has 0 atom stereocenters. The van der Waals surface area contributed by atoms with E-state index in [1.165, 1.54) is 54.6 Å². The van der Waals surface area contributed by atoms with Crippen LogP contribution < -0.4 is 11.1 Å². The largest absolute Gasteiger partial charge is 0.435 e. The van der Waals surface area contributed by atoms with Gasteiger partial charge in [-0.2, -0.15) is 18.3 Å². The van der Waals surface area contributed by atoms with Gasteiger partial charge in [-0.3, -0.25) is 10.2 Å². The van der Waals surface area contributed by atoms with Crippen LogP contribution in [-0.4, -0.2) is 36.2 Å². The molecule has 1 amide bonds. The monoisotopic (exact) mass is 545 g/mol. The van der Waals surface area contributed by atoms with Crippen LogP contribution in [0.25, 0.3) is 16.8 Å². The topological polar surface area (TPSA) is 131 Å². The van der Waals surface area contributed by atoms with Gasteiger partial charge in [0.15, 0.2) is 15.5 Å². The average Bonchev–Trinajstić information content (AvgIpc) is 3.30. The first kappa shape index (κ1) is 26.5. The van der Waals surface area contributed by atoms with Crippen molar-refractivity contribution in [3.05, 3.63) is 95.6 Å². The van der Waals surface area contributed by atoms with Crippen molar-refractivity contribution in [1.82, 2.24) is 9.78 Å². The summed E-state index contributed by atoms with van der Waals surface area (Å²) in [6, 6.07) is 15.4. The van der Waals surface area contributed by atoms with Gasteiger partial charge in [0.2, 0.25) is 0 Å². The van der Waals surface area contributed by atoms with Crippen molar-refractivity contribution in [2.75, 3.05) is 11.6 Å². The van der Waals surface area contributed by atoms with E-state index in [-0.39, 0.29) is 38.8 Å². The SMILES string of the molecule is CS(=O)(=O)c1ccccc1-c1ccc(NC(=O)c2cc(C(F)(F)F)nn2-c2cccc(C(=N)N)c2)cc1F. The number of rotatable bonds is 6. The summed E-state index contributed by atoms with van der Waals surface area (Å²) in [5.41, 5.74) is 3.83. The van der Waals surface area contributed by atoms with Gasteiger partial charge in [-0.25, -0.2) is 17.5 Å². The van der Waals surface area contributed by atoms with Crippen LogP contribution in [0.15, 0.2) is 77.7 Å². The third kappa shape index (κ3) is 5.42. The van der Waals surface area contributed by atoms with Gasteiger partial charge in [-0.05, 0) is 36.4 Å². The fourth-order valence-corrected chi connectivity index (χ4v) is 4.61. The molecule has 4 aromatic rings. The highest BCUT2D eigenvalue weighted by atomic mass is 32.2. The average molecular weight is 546 g/mol. The van der Waals surface area contributed by atoms with Crippen LogP contribution in [0.4, 0.5) is 23.2 Å². The van der Waals surface area contributed by atoms with Gasteiger partial charge in [-0.15, -0.1) is 0 Å². The summed E-state index contributed by atoms with van der Waals surface area (Å²) < 4.78 is 80.2. The third-order valence-corrected chi connectivity index (χ3v) is 6.59. The van der Waals surface area contributed by atoms with Gasteiger partial charge >= 0.3 is 6.18 Å². The number of sulfone groups is 1. The number of hydrogen-bond acceptors (Lipinski definition) is 5. The molecule has 1 heterocycles. The summed E-state index contributed by atoms with van der Waals surface area (Å²) >= 11 is 0. The lowest BCUT2D eigenvalue weighted by Gasteiger charge is -2.12. The summed E-state index contributed by atoms with van der Waals surface area (Å²) in [5.74, 6) is -2.23. The highest BCUT2D eigenvalue weighted by molar-refractivity contribution is 7.90. The molecule has 38 heavy (non-hydrogen) atoms. The third-order valence-electron chi connectivity index (χ3n) is 5.44. The van der Waals surface area contributed by atoms with Crippen molar-refractivity contribution in [3.8, 4) is 16.8 Å². The van der Waals surface area contributed by atoms with Crippen LogP contribution in [0.3, 0.4) is 0 Å². The van der Waals surface area contributed by atoms with Crippen molar-refractivity contribution >= 4 is 27.3 Å². The van der Waals surface area contributed by atoms with Crippen molar-refractivity contribution in [1.29, 1.82) is 5.41 Å². The summed E-state index contributed by atoms with van der Waals surface area (Å²) in [7, 11) is -3.67. The van der Waals surface area contributed by atoms with E-state index in [4.69, 9.17) is 11.1 Å². The second kappa shape index (κ2) is 9.74. The lowest BCUT2D eigenvalue weighted by Crippen LogP contribution is -2.18. The molecule has 8 nitrogen and oxygen atoms in total. The molecule has 0 aliphatic rings. The van der Waals surface area contributed by atoms with Crippen LogP contribution in [0.5, 0.6) is 0 Å². The van der Waals surface area contributed by atoms with Gasteiger partial charge in [0.1, 0.15) is 17.3 Å². The number of hydrogen-bond donors (Lipinski definition) is 3.